The highest BCUT2D eigenvalue weighted by molar-refractivity contribution is 6.01. The molecule has 1 saturated heterocycles. The summed E-state index contributed by atoms with van der Waals surface area (Å²) in [4.78, 5) is 50.1. The van der Waals surface area contributed by atoms with Gasteiger partial charge in [-0.1, -0.05) is 33.3 Å². The maximum absolute atomic E-state index is 13.9. The van der Waals surface area contributed by atoms with Crippen molar-refractivity contribution < 1.29 is 34.4 Å². The van der Waals surface area contributed by atoms with Gasteiger partial charge in [0.05, 0.1) is 6.54 Å². The number of phenols is 2. The highest BCUT2D eigenvalue weighted by Gasteiger charge is 2.54. The van der Waals surface area contributed by atoms with Gasteiger partial charge in [0.2, 0.25) is 11.8 Å². The van der Waals surface area contributed by atoms with Gasteiger partial charge >= 0.3 is 5.97 Å². The van der Waals surface area contributed by atoms with Gasteiger partial charge in [-0.3, -0.25) is 14.6 Å². The van der Waals surface area contributed by atoms with Gasteiger partial charge < -0.3 is 30.3 Å². The molecule has 1 aliphatic carbocycles. The molecule has 5 atom stereocenters. The number of esters is 1. The number of aliphatic hydroxyl groups excluding tert-OH is 1. The summed E-state index contributed by atoms with van der Waals surface area (Å²) in [5.74, 6) is -1.89. The number of benzene rings is 1. The zero-order valence-corrected chi connectivity index (χ0v) is 24.3. The summed E-state index contributed by atoms with van der Waals surface area (Å²) >= 11 is 0. The summed E-state index contributed by atoms with van der Waals surface area (Å²) in [6.07, 6.45) is 3.65. The summed E-state index contributed by atoms with van der Waals surface area (Å²) in [5.41, 5.74) is 0.186. The molecular weight excluding hydrogens is 528 g/mol. The monoisotopic (exact) mass is 570 g/mol. The van der Waals surface area contributed by atoms with Crippen LogP contribution in [0.1, 0.15) is 71.8 Å². The van der Waals surface area contributed by atoms with Crippen molar-refractivity contribution in [2.45, 2.75) is 96.4 Å². The third-order valence-corrected chi connectivity index (χ3v) is 9.40. The van der Waals surface area contributed by atoms with Gasteiger partial charge in [0.1, 0.15) is 30.1 Å². The van der Waals surface area contributed by atoms with Crippen LogP contribution in [-0.2, 0) is 25.5 Å². The second-order valence-corrected chi connectivity index (χ2v) is 12.2. The van der Waals surface area contributed by atoms with Gasteiger partial charge in [-0.05, 0) is 56.2 Å². The molecule has 0 spiro atoms. The van der Waals surface area contributed by atoms with Crippen molar-refractivity contribution in [2.24, 2.45) is 21.3 Å². The molecule has 1 saturated carbocycles. The summed E-state index contributed by atoms with van der Waals surface area (Å²) in [6, 6.07) is 2.17. The second kappa shape index (κ2) is 12.2. The van der Waals surface area contributed by atoms with Crippen molar-refractivity contribution in [1.29, 1.82) is 0 Å². The Morgan fingerprint density at radius 2 is 1.90 bits per heavy atom. The maximum atomic E-state index is 13.9. The van der Waals surface area contributed by atoms with Crippen molar-refractivity contribution in [3.8, 4) is 11.5 Å². The quantitative estimate of drug-likeness (QED) is 0.248. The average Bonchev–Trinajstić information content (AvgIpc) is 3.66. The number of ether oxygens (including phenoxy) is 1. The Morgan fingerprint density at radius 1 is 1.15 bits per heavy atom. The minimum Gasteiger partial charge on any atom is -0.504 e. The molecule has 224 valence electrons. The van der Waals surface area contributed by atoms with E-state index in [1.165, 1.54) is 29.4 Å². The summed E-state index contributed by atoms with van der Waals surface area (Å²) in [7, 11) is 0. The SMILES string of the molecule is CC[C@@H]1CCC(C)(OC(=O)C2CCCN2C(=O)C(CC2=NC=NC2)NC(=O)C(O)Cc2ccc(O)c(O)c2)C1(C)C. The number of hydrogen-bond acceptors (Lipinski definition) is 9. The Balaban J connectivity index is 1.47. The fourth-order valence-electron chi connectivity index (χ4n) is 6.37. The standard InChI is InChI=1S/C30H42N4O7/c1-5-19-10-11-30(4,29(19,2)3)41-28(40)22-7-6-12-34(22)27(39)21(15-20-16-31-17-32-20)33-26(38)25(37)14-18-8-9-23(35)24(36)13-18/h8-9,13,17,19,21-22,25,35-37H,5-7,10-12,14-16H2,1-4H3,(H,33,38)/t19-,21?,22?,25?,30?/m1/s1. The third kappa shape index (κ3) is 6.39. The normalized spacial score (nSPS) is 26.5. The topological polar surface area (TPSA) is 161 Å². The molecule has 4 unspecified atom stereocenters. The summed E-state index contributed by atoms with van der Waals surface area (Å²) in [6.45, 7) is 9.06. The van der Waals surface area contributed by atoms with Crippen LogP contribution in [0.2, 0.25) is 0 Å². The number of rotatable bonds is 10. The van der Waals surface area contributed by atoms with E-state index in [4.69, 9.17) is 4.74 Å². The fourth-order valence-corrected chi connectivity index (χ4v) is 6.37. The van der Waals surface area contributed by atoms with Crippen LogP contribution in [-0.4, -0.2) is 86.9 Å². The average molecular weight is 571 g/mol. The number of nitrogens with zero attached hydrogens (tertiary/aromatic N) is 3. The van der Waals surface area contributed by atoms with E-state index in [0.29, 0.717) is 43.1 Å². The van der Waals surface area contributed by atoms with Gasteiger partial charge in [-0.2, -0.15) is 0 Å². The number of phenolic OH excluding ortho intramolecular Hbond substituents is 2. The van der Waals surface area contributed by atoms with Gasteiger partial charge in [-0.25, -0.2) is 9.79 Å². The van der Waals surface area contributed by atoms with Gasteiger partial charge in [0.25, 0.3) is 0 Å². The van der Waals surface area contributed by atoms with E-state index in [2.05, 4.69) is 36.1 Å². The molecule has 1 aromatic rings. The van der Waals surface area contributed by atoms with E-state index in [9.17, 15) is 29.7 Å². The van der Waals surface area contributed by atoms with E-state index in [0.717, 1.165) is 19.3 Å². The van der Waals surface area contributed by atoms with Crippen LogP contribution in [0.4, 0.5) is 0 Å². The van der Waals surface area contributed by atoms with Crippen molar-refractivity contribution in [3.05, 3.63) is 23.8 Å². The molecule has 2 amide bonds. The number of carbonyl (C=O) groups is 3. The summed E-state index contributed by atoms with van der Waals surface area (Å²) < 4.78 is 6.19. The molecule has 0 radical (unpaired) electrons. The first kappa shape index (κ1) is 30.5. The largest absolute Gasteiger partial charge is 0.504 e. The minimum absolute atomic E-state index is 0.0818. The first-order valence-electron chi connectivity index (χ1n) is 14.4. The molecule has 4 N–H and O–H groups in total. The molecule has 3 aliphatic rings. The van der Waals surface area contributed by atoms with Gasteiger partial charge in [0.15, 0.2) is 11.5 Å². The molecule has 0 aromatic heterocycles. The molecule has 2 fully saturated rings. The Morgan fingerprint density at radius 3 is 2.54 bits per heavy atom. The smallest absolute Gasteiger partial charge is 0.329 e. The number of aromatic hydroxyl groups is 2. The lowest BCUT2D eigenvalue weighted by molar-refractivity contribution is -0.176. The van der Waals surface area contributed by atoms with E-state index >= 15 is 0 Å². The predicted octanol–water partition coefficient (Wildman–Crippen LogP) is 2.50. The Bertz CT molecular complexity index is 1230. The molecule has 11 nitrogen and oxygen atoms in total. The van der Waals surface area contributed by atoms with Crippen LogP contribution < -0.4 is 5.32 Å². The highest BCUT2D eigenvalue weighted by Crippen LogP contribution is 2.53. The van der Waals surface area contributed by atoms with Crippen LogP contribution in [0.3, 0.4) is 0 Å². The highest BCUT2D eigenvalue weighted by atomic mass is 16.6. The lowest BCUT2D eigenvalue weighted by Gasteiger charge is -2.42. The van der Waals surface area contributed by atoms with Crippen LogP contribution in [0.5, 0.6) is 11.5 Å². The Kier molecular flexibility index (Phi) is 9.06. The Hall–Kier alpha value is -3.47. The molecule has 4 rings (SSSR count). The Labute approximate surface area is 240 Å². The van der Waals surface area contributed by atoms with Gasteiger partial charge in [-0.15, -0.1) is 0 Å². The van der Waals surface area contributed by atoms with Gasteiger partial charge in [0, 0.05) is 30.5 Å². The number of amides is 2. The zero-order chi connectivity index (χ0) is 29.9. The minimum atomic E-state index is -1.52. The molecule has 2 aliphatic heterocycles. The number of aliphatic imine (C=N–C) groups is 2. The van der Waals surface area contributed by atoms with Crippen molar-refractivity contribution >= 4 is 29.8 Å². The molecule has 11 heteroatoms. The van der Waals surface area contributed by atoms with E-state index in [1.807, 2.05) is 6.92 Å². The molecule has 2 heterocycles. The van der Waals surface area contributed by atoms with E-state index < -0.39 is 41.6 Å². The third-order valence-electron chi connectivity index (χ3n) is 9.40. The number of likely N-dealkylation sites (tertiary alicyclic amines) is 1. The van der Waals surface area contributed by atoms with Crippen molar-refractivity contribution in [2.75, 3.05) is 13.1 Å². The zero-order valence-electron chi connectivity index (χ0n) is 24.3. The summed E-state index contributed by atoms with van der Waals surface area (Å²) in [5, 5.41) is 32.5. The van der Waals surface area contributed by atoms with E-state index in [-0.39, 0.29) is 29.8 Å². The predicted molar refractivity (Wildman–Crippen MR) is 153 cm³/mol. The van der Waals surface area contributed by atoms with Crippen LogP contribution in [0.15, 0.2) is 28.2 Å². The van der Waals surface area contributed by atoms with Crippen molar-refractivity contribution in [3.63, 3.8) is 0 Å². The maximum Gasteiger partial charge on any atom is 0.329 e. The number of nitrogens with one attached hydrogen (secondary N) is 1. The van der Waals surface area contributed by atoms with Crippen LogP contribution in [0.25, 0.3) is 0 Å². The lowest BCUT2D eigenvalue weighted by Crippen LogP contribution is -2.55. The van der Waals surface area contributed by atoms with Crippen LogP contribution >= 0.6 is 0 Å². The van der Waals surface area contributed by atoms with E-state index in [1.54, 1.807) is 0 Å². The molecule has 41 heavy (non-hydrogen) atoms. The van der Waals surface area contributed by atoms with Crippen LogP contribution in [0, 0.1) is 11.3 Å². The number of hydrogen-bond donors (Lipinski definition) is 4. The fraction of sp³-hybridized carbons (Fsp3) is 0.633. The molecule has 1 aromatic carbocycles. The van der Waals surface area contributed by atoms with Crippen molar-refractivity contribution in [1.82, 2.24) is 10.2 Å². The lowest BCUT2D eigenvalue weighted by atomic mass is 9.72. The number of aliphatic hydroxyl groups is 1. The number of carbonyl (C=O) groups excluding carboxylic acids is 3. The molecule has 0 bridgehead atoms. The second-order valence-electron chi connectivity index (χ2n) is 12.2. The molecular formula is C30H42N4O7. The first-order valence-corrected chi connectivity index (χ1v) is 14.4. The first-order chi connectivity index (χ1) is 19.4.